The summed E-state index contributed by atoms with van der Waals surface area (Å²) < 4.78 is 31.6. The van der Waals surface area contributed by atoms with Crippen LogP contribution in [0.1, 0.15) is 20.8 Å². The molecule has 1 aromatic rings. The van der Waals surface area contributed by atoms with Crippen molar-refractivity contribution in [1.29, 1.82) is 0 Å². The average molecular weight is 286 g/mol. The van der Waals surface area contributed by atoms with E-state index in [2.05, 4.69) is 4.72 Å². The van der Waals surface area contributed by atoms with Gasteiger partial charge in [-0.2, -0.15) is 0 Å². The van der Waals surface area contributed by atoms with Crippen LogP contribution in [-0.4, -0.2) is 26.5 Å². The molecular weight excluding hydrogens is 268 g/mol. The van der Waals surface area contributed by atoms with Crippen LogP contribution in [0.2, 0.25) is 0 Å². The van der Waals surface area contributed by atoms with Crippen LogP contribution in [0.3, 0.4) is 0 Å². The quantitative estimate of drug-likeness (QED) is 0.829. The van der Waals surface area contributed by atoms with Gasteiger partial charge < -0.3 is 10.5 Å². The highest BCUT2D eigenvalue weighted by molar-refractivity contribution is 7.89. The minimum absolute atomic E-state index is 0.133. The minimum atomic E-state index is -3.56. The van der Waals surface area contributed by atoms with E-state index >= 15 is 0 Å². The first-order valence-corrected chi connectivity index (χ1v) is 7.14. The highest BCUT2D eigenvalue weighted by atomic mass is 32.2. The number of primary amides is 1. The van der Waals surface area contributed by atoms with Crippen molar-refractivity contribution in [2.45, 2.75) is 31.2 Å². The predicted molar refractivity (Wildman–Crippen MR) is 71.2 cm³/mol. The molecule has 0 radical (unpaired) electrons. The molecule has 7 heteroatoms. The summed E-state index contributed by atoms with van der Waals surface area (Å²) in [5, 5.41) is 0. The lowest BCUT2D eigenvalue weighted by Gasteiger charge is -2.20. The molecule has 0 unspecified atom stereocenters. The Balaban J connectivity index is 2.84. The Labute approximate surface area is 113 Å². The maximum atomic E-state index is 12.0. The normalized spacial score (nSPS) is 12.2. The Morgan fingerprint density at radius 1 is 1.26 bits per heavy atom. The van der Waals surface area contributed by atoms with Gasteiger partial charge in [-0.3, -0.25) is 4.79 Å². The molecule has 0 saturated heterocycles. The number of hydrogen-bond donors (Lipinski definition) is 2. The molecule has 1 aromatic carbocycles. The fourth-order valence-corrected chi connectivity index (χ4v) is 2.75. The van der Waals surface area contributed by atoms with Crippen molar-refractivity contribution in [1.82, 2.24) is 4.72 Å². The first kappa shape index (κ1) is 15.5. The van der Waals surface area contributed by atoms with Gasteiger partial charge in [0.05, 0.1) is 4.90 Å². The molecule has 1 amide bonds. The van der Waals surface area contributed by atoms with Gasteiger partial charge in [0, 0.05) is 5.54 Å². The molecule has 0 spiro atoms. The second-order valence-corrected chi connectivity index (χ2v) is 6.76. The van der Waals surface area contributed by atoms with Crippen molar-refractivity contribution in [3.63, 3.8) is 0 Å². The summed E-state index contributed by atoms with van der Waals surface area (Å²) in [5.41, 5.74) is 4.38. The van der Waals surface area contributed by atoms with Gasteiger partial charge in [0.15, 0.2) is 6.61 Å². The van der Waals surface area contributed by atoms with Gasteiger partial charge in [-0.25, -0.2) is 13.1 Å². The fraction of sp³-hybridized carbons (Fsp3) is 0.417. The number of ether oxygens (including phenoxy) is 1. The Morgan fingerprint density at radius 2 is 1.79 bits per heavy atom. The topological polar surface area (TPSA) is 98.5 Å². The van der Waals surface area contributed by atoms with Crippen molar-refractivity contribution in [3.05, 3.63) is 24.3 Å². The summed E-state index contributed by atoms with van der Waals surface area (Å²) in [6, 6.07) is 5.76. The molecule has 0 heterocycles. The number of hydrogen-bond acceptors (Lipinski definition) is 4. The van der Waals surface area contributed by atoms with Crippen molar-refractivity contribution in [2.24, 2.45) is 5.73 Å². The highest BCUT2D eigenvalue weighted by Crippen LogP contribution is 2.17. The maximum Gasteiger partial charge on any atom is 0.255 e. The summed E-state index contributed by atoms with van der Waals surface area (Å²) in [6.07, 6.45) is 0. The molecule has 106 valence electrons. The van der Waals surface area contributed by atoms with Crippen molar-refractivity contribution in [3.8, 4) is 5.75 Å². The Morgan fingerprint density at radius 3 is 2.21 bits per heavy atom. The number of sulfonamides is 1. The zero-order valence-corrected chi connectivity index (χ0v) is 12.0. The predicted octanol–water partition coefficient (Wildman–Crippen LogP) is 0.628. The van der Waals surface area contributed by atoms with Crippen LogP contribution in [-0.2, 0) is 14.8 Å². The van der Waals surface area contributed by atoms with Crippen LogP contribution in [0.25, 0.3) is 0 Å². The molecule has 0 aliphatic heterocycles. The number of nitrogens with two attached hydrogens (primary N) is 1. The Bertz CT molecular complexity index is 544. The zero-order valence-electron chi connectivity index (χ0n) is 11.1. The highest BCUT2D eigenvalue weighted by Gasteiger charge is 2.21. The van der Waals surface area contributed by atoms with E-state index in [9.17, 15) is 13.2 Å². The lowest BCUT2D eigenvalue weighted by Crippen LogP contribution is -2.40. The summed E-state index contributed by atoms with van der Waals surface area (Å²) >= 11 is 0. The van der Waals surface area contributed by atoms with Gasteiger partial charge in [-0.15, -0.1) is 0 Å². The average Bonchev–Trinajstić information content (AvgIpc) is 2.23. The van der Waals surface area contributed by atoms with Crippen molar-refractivity contribution < 1.29 is 17.9 Å². The second kappa shape index (κ2) is 5.58. The van der Waals surface area contributed by atoms with Gasteiger partial charge in [-0.1, -0.05) is 0 Å². The minimum Gasteiger partial charge on any atom is -0.484 e. The van der Waals surface area contributed by atoms with E-state index in [1.165, 1.54) is 24.3 Å². The second-order valence-electron chi connectivity index (χ2n) is 5.08. The summed E-state index contributed by atoms with van der Waals surface area (Å²) in [6.45, 7) is 5.03. The third-order valence-corrected chi connectivity index (χ3v) is 3.73. The van der Waals surface area contributed by atoms with Crippen LogP contribution >= 0.6 is 0 Å². The molecule has 0 saturated carbocycles. The number of carbonyl (C=O) groups is 1. The monoisotopic (exact) mass is 286 g/mol. The molecule has 0 atom stereocenters. The standard InChI is InChI=1S/C12H18N2O4S/c1-12(2,3)14-19(16,17)10-6-4-9(5-7-10)18-8-11(13)15/h4-7,14H,8H2,1-3H3,(H2,13,15). The lowest BCUT2D eigenvalue weighted by atomic mass is 10.1. The molecule has 19 heavy (non-hydrogen) atoms. The third kappa shape index (κ3) is 5.27. The van der Waals surface area contributed by atoms with E-state index < -0.39 is 21.5 Å². The van der Waals surface area contributed by atoms with E-state index in [0.717, 1.165) is 0 Å². The molecule has 0 aliphatic rings. The van der Waals surface area contributed by atoms with Crippen LogP contribution in [0.5, 0.6) is 5.75 Å². The molecule has 0 bridgehead atoms. The largest absolute Gasteiger partial charge is 0.484 e. The van der Waals surface area contributed by atoms with Crippen molar-refractivity contribution in [2.75, 3.05) is 6.61 Å². The number of amides is 1. The van der Waals surface area contributed by atoms with Crippen LogP contribution in [0.15, 0.2) is 29.2 Å². The van der Waals surface area contributed by atoms with Gasteiger partial charge in [0.2, 0.25) is 10.0 Å². The van der Waals surface area contributed by atoms with E-state index in [1.54, 1.807) is 20.8 Å². The molecule has 0 aromatic heterocycles. The number of benzene rings is 1. The summed E-state index contributed by atoms with van der Waals surface area (Å²) in [5.74, 6) is -0.209. The van der Waals surface area contributed by atoms with E-state index in [1.807, 2.05) is 0 Å². The summed E-state index contributed by atoms with van der Waals surface area (Å²) in [4.78, 5) is 10.7. The van der Waals surface area contributed by atoms with E-state index in [-0.39, 0.29) is 11.5 Å². The number of nitrogens with one attached hydrogen (secondary N) is 1. The van der Waals surface area contributed by atoms with Crippen LogP contribution in [0, 0.1) is 0 Å². The van der Waals surface area contributed by atoms with Gasteiger partial charge in [0.25, 0.3) is 5.91 Å². The summed E-state index contributed by atoms with van der Waals surface area (Å²) in [7, 11) is -3.56. The smallest absolute Gasteiger partial charge is 0.255 e. The maximum absolute atomic E-state index is 12.0. The zero-order chi connectivity index (χ0) is 14.7. The first-order chi connectivity index (χ1) is 8.60. The molecule has 1 rings (SSSR count). The fourth-order valence-electron chi connectivity index (χ4n) is 1.33. The number of carbonyl (C=O) groups excluding carboxylic acids is 1. The van der Waals surface area contributed by atoms with Gasteiger partial charge in [-0.05, 0) is 45.0 Å². The van der Waals surface area contributed by atoms with Crippen LogP contribution in [0.4, 0.5) is 0 Å². The molecular formula is C12H18N2O4S. The number of rotatable bonds is 5. The lowest BCUT2D eigenvalue weighted by molar-refractivity contribution is -0.119. The molecule has 0 fully saturated rings. The van der Waals surface area contributed by atoms with E-state index in [4.69, 9.17) is 10.5 Å². The Kier molecular flexibility index (Phi) is 4.54. The van der Waals surface area contributed by atoms with Crippen molar-refractivity contribution >= 4 is 15.9 Å². The molecule has 3 N–H and O–H groups in total. The SMILES string of the molecule is CC(C)(C)NS(=O)(=O)c1ccc(OCC(N)=O)cc1. The Hall–Kier alpha value is -1.60. The van der Waals surface area contributed by atoms with Crippen LogP contribution < -0.4 is 15.2 Å². The molecule has 6 nitrogen and oxygen atoms in total. The first-order valence-electron chi connectivity index (χ1n) is 5.65. The molecule has 0 aliphatic carbocycles. The van der Waals surface area contributed by atoms with Gasteiger partial charge >= 0.3 is 0 Å². The van der Waals surface area contributed by atoms with Gasteiger partial charge in [0.1, 0.15) is 5.75 Å². The third-order valence-electron chi connectivity index (χ3n) is 1.96. The van der Waals surface area contributed by atoms with E-state index in [0.29, 0.717) is 5.75 Å².